The van der Waals surface area contributed by atoms with Gasteiger partial charge in [-0.15, -0.1) is 0 Å². The molecule has 0 atom stereocenters. The van der Waals surface area contributed by atoms with Gasteiger partial charge in [-0.1, -0.05) is 30.0 Å². The number of nitrogens with one attached hydrogen (secondary N) is 1. The van der Waals surface area contributed by atoms with Crippen molar-refractivity contribution in [2.45, 2.75) is 25.8 Å². The number of aliphatic hydroxyl groups excluding tert-OH is 1. The van der Waals surface area contributed by atoms with Crippen LogP contribution in [0.1, 0.15) is 30.4 Å². The van der Waals surface area contributed by atoms with E-state index < -0.39 is 0 Å². The molecule has 0 unspecified atom stereocenters. The smallest absolute Gasteiger partial charge is 0.223 e. The van der Waals surface area contributed by atoms with E-state index in [1.165, 1.54) is 0 Å². The number of aliphatic hydroxyl groups is 1. The molecule has 1 amide bonds. The Labute approximate surface area is 125 Å². The van der Waals surface area contributed by atoms with E-state index >= 15 is 0 Å². The molecular formula is C17H21NO3. The van der Waals surface area contributed by atoms with Crippen LogP contribution in [-0.2, 0) is 16.1 Å². The standard InChI is InChI=1S/C17H21NO3/c19-10-4-3-6-14-5-1-2-7-16(14)13-18-17(20)15-8-11-21-12-9-15/h1-2,5,7,15,19H,4,8-13H2,(H,18,20). The molecule has 21 heavy (non-hydrogen) atoms. The Morgan fingerprint density at radius 2 is 2.10 bits per heavy atom. The molecule has 1 aliphatic heterocycles. The third-order valence-corrected chi connectivity index (χ3v) is 3.52. The summed E-state index contributed by atoms with van der Waals surface area (Å²) in [5, 5.41) is 11.8. The van der Waals surface area contributed by atoms with Crippen LogP contribution in [-0.4, -0.2) is 30.8 Å². The van der Waals surface area contributed by atoms with Gasteiger partial charge < -0.3 is 15.2 Å². The lowest BCUT2D eigenvalue weighted by Gasteiger charge is -2.21. The summed E-state index contributed by atoms with van der Waals surface area (Å²) in [5.74, 6) is 6.11. The lowest BCUT2D eigenvalue weighted by Crippen LogP contribution is -2.34. The zero-order valence-electron chi connectivity index (χ0n) is 12.1. The quantitative estimate of drug-likeness (QED) is 0.824. The Morgan fingerprint density at radius 1 is 1.33 bits per heavy atom. The lowest BCUT2D eigenvalue weighted by atomic mass is 9.99. The van der Waals surface area contributed by atoms with Gasteiger partial charge >= 0.3 is 0 Å². The highest BCUT2D eigenvalue weighted by molar-refractivity contribution is 5.78. The van der Waals surface area contributed by atoms with Crippen molar-refractivity contribution in [3.05, 3.63) is 35.4 Å². The Balaban J connectivity index is 1.93. The molecule has 2 rings (SSSR count). The van der Waals surface area contributed by atoms with E-state index in [0.717, 1.165) is 24.0 Å². The first-order chi connectivity index (χ1) is 10.3. The van der Waals surface area contributed by atoms with Crippen LogP contribution in [0, 0.1) is 17.8 Å². The molecule has 1 fully saturated rings. The van der Waals surface area contributed by atoms with Gasteiger partial charge in [0.1, 0.15) is 0 Å². The molecule has 4 nitrogen and oxygen atoms in total. The summed E-state index contributed by atoms with van der Waals surface area (Å²) < 4.78 is 5.27. The van der Waals surface area contributed by atoms with E-state index in [4.69, 9.17) is 9.84 Å². The SMILES string of the molecule is O=C(NCc1ccccc1C#CCCO)C1CCOCC1. The molecule has 1 aliphatic rings. The van der Waals surface area contributed by atoms with Crippen molar-refractivity contribution in [1.29, 1.82) is 0 Å². The predicted octanol–water partition coefficient (Wildman–Crippen LogP) is 1.46. The fourth-order valence-corrected chi connectivity index (χ4v) is 2.30. The number of benzene rings is 1. The first-order valence-corrected chi connectivity index (χ1v) is 7.34. The van der Waals surface area contributed by atoms with Crippen LogP contribution in [0.4, 0.5) is 0 Å². The Hall–Kier alpha value is -1.83. The minimum atomic E-state index is 0.0615. The van der Waals surface area contributed by atoms with Crippen molar-refractivity contribution in [3.8, 4) is 11.8 Å². The molecule has 1 aromatic rings. The highest BCUT2D eigenvalue weighted by Gasteiger charge is 2.21. The number of hydrogen-bond acceptors (Lipinski definition) is 3. The molecule has 0 radical (unpaired) electrons. The maximum absolute atomic E-state index is 12.1. The molecule has 2 N–H and O–H groups in total. The zero-order chi connectivity index (χ0) is 14.9. The topological polar surface area (TPSA) is 58.6 Å². The summed E-state index contributed by atoms with van der Waals surface area (Å²) in [6, 6.07) is 7.76. The number of hydrogen-bond donors (Lipinski definition) is 2. The van der Waals surface area contributed by atoms with E-state index in [0.29, 0.717) is 26.2 Å². The summed E-state index contributed by atoms with van der Waals surface area (Å²) in [7, 11) is 0. The van der Waals surface area contributed by atoms with E-state index in [-0.39, 0.29) is 18.4 Å². The Morgan fingerprint density at radius 3 is 2.86 bits per heavy atom. The first-order valence-electron chi connectivity index (χ1n) is 7.34. The molecule has 1 aromatic carbocycles. The van der Waals surface area contributed by atoms with Gasteiger partial charge in [-0.3, -0.25) is 4.79 Å². The number of carbonyl (C=O) groups excluding carboxylic acids is 1. The Kier molecular flexibility index (Phi) is 6.26. The van der Waals surface area contributed by atoms with Crippen molar-refractivity contribution in [2.24, 2.45) is 5.92 Å². The second-order valence-corrected chi connectivity index (χ2v) is 5.04. The highest BCUT2D eigenvalue weighted by atomic mass is 16.5. The summed E-state index contributed by atoms with van der Waals surface area (Å²) >= 11 is 0. The number of rotatable bonds is 4. The third kappa shape index (κ3) is 4.89. The number of amides is 1. The highest BCUT2D eigenvalue weighted by Crippen LogP contribution is 2.15. The van der Waals surface area contributed by atoms with Gasteiger partial charge in [-0.05, 0) is 24.5 Å². The molecule has 0 bridgehead atoms. The maximum Gasteiger partial charge on any atom is 0.223 e. The summed E-state index contributed by atoms with van der Waals surface area (Å²) in [4.78, 5) is 12.1. The van der Waals surface area contributed by atoms with Crippen molar-refractivity contribution in [3.63, 3.8) is 0 Å². The van der Waals surface area contributed by atoms with Crippen molar-refractivity contribution < 1.29 is 14.6 Å². The fraction of sp³-hybridized carbons (Fsp3) is 0.471. The van der Waals surface area contributed by atoms with Crippen LogP contribution >= 0.6 is 0 Å². The maximum atomic E-state index is 12.1. The average Bonchev–Trinajstić information content (AvgIpc) is 2.54. The van der Waals surface area contributed by atoms with Crippen molar-refractivity contribution in [2.75, 3.05) is 19.8 Å². The van der Waals surface area contributed by atoms with Gasteiger partial charge in [-0.25, -0.2) is 0 Å². The summed E-state index contributed by atoms with van der Waals surface area (Å²) in [5.41, 5.74) is 1.90. The van der Waals surface area contributed by atoms with Crippen LogP contribution in [0.25, 0.3) is 0 Å². The molecule has 112 valence electrons. The lowest BCUT2D eigenvalue weighted by molar-refractivity contribution is -0.128. The number of carbonyl (C=O) groups is 1. The zero-order valence-corrected chi connectivity index (χ0v) is 12.1. The summed E-state index contributed by atoms with van der Waals surface area (Å²) in [6.45, 7) is 1.89. The minimum absolute atomic E-state index is 0.0615. The van der Waals surface area contributed by atoms with E-state index in [9.17, 15) is 4.79 Å². The van der Waals surface area contributed by atoms with Crippen LogP contribution in [0.2, 0.25) is 0 Å². The van der Waals surface area contributed by atoms with Gasteiger partial charge in [0.15, 0.2) is 0 Å². The second kappa shape index (κ2) is 8.46. The predicted molar refractivity (Wildman–Crippen MR) is 80.4 cm³/mol. The van der Waals surface area contributed by atoms with Gasteiger partial charge in [0, 0.05) is 37.7 Å². The molecule has 0 aliphatic carbocycles. The van der Waals surface area contributed by atoms with E-state index in [1.54, 1.807) is 0 Å². The molecular weight excluding hydrogens is 266 g/mol. The van der Waals surface area contributed by atoms with Crippen molar-refractivity contribution >= 4 is 5.91 Å². The van der Waals surface area contributed by atoms with E-state index in [2.05, 4.69) is 17.2 Å². The van der Waals surface area contributed by atoms with Crippen LogP contribution in [0.15, 0.2) is 24.3 Å². The first kappa shape index (κ1) is 15.6. The van der Waals surface area contributed by atoms with Gasteiger partial charge in [0.05, 0.1) is 6.61 Å². The number of ether oxygens (including phenoxy) is 1. The normalized spacial score (nSPS) is 15.1. The third-order valence-electron chi connectivity index (χ3n) is 3.52. The average molecular weight is 287 g/mol. The molecule has 0 saturated carbocycles. The molecule has 0 aromatic heterocycles. The summed E-state index contributed by atoms with van der Waals surface area (Å²) in [6.07, 6.45) is 2.05. The second-order valence-electron chi connectivity index (χ2n) is 5.04. The monoisotopic (exact) mass is 287 g/mol. The largest absolute Gasteiger partial charge is 0.395 e. The van der Waals surface area contributed by atoms with Crippen LogP contribution in [0.3, 0.4) is 0 Å². The Bertz CT molecular complexity index is 524. The molecule has 0 spiro atoms. The molecule has 1 saturated heterocycles. The van der Waals surface area contributed by atoms with Gasteiger partial charge in [-0.2, -0.15) is 0 Å². The van der Waals surface area contributed by atoms with Crippen LogP contribution in [0.5, 0.6) is 0 Å². The molecule has 1 heterocycles. The fourth-order valence-electron chi connectivity index (χ4n) is 2.30. The van der Waals surface area contributed by atoms with Crippen molar-refractivity contribution in [1.82, 2.24) is 5.32 Å². The van der Waals surface area contributed by atoms with Gasteiger partial charge in [0.25, 0.3) is 0 Å². The molecule has 4 heteroatoms. The van der Waals surface area contributed by atoms with Gasteiger partial charge in [0.2, 0.25) is 5.91 Å². The van der Waals surface area contributed by atoms with E-state index in [1.807, 2.05) is 24.3 Å². The minimum Gasteiger partial charge on any atom is -0.395 e. The van der Waals surface area contributed by atoms with Crippen LogP contribution < -0.4 is 5.32 Å².